The Bertz CT molecular complexity index is 977. The first kappa shape index (κ1) is 18.3. The number of piperazine rings is 1. The Morgan fingerprint density at radius 1 is 1.19 bits per heavy atom. The third kappa shape index (κ3) is 3.41. The van der Waals surface area contributed by atoms with Gasteiger partial charge in [0.1, 0.15) is 0 Å². The van der Waals surface area contributed by atoms with E-state index in [0.29, 0.717) is 0 Å². The maximum absolute atomic E-state index is 12.9. The molecule has 0 radical (unpaired) electrons. The number of hydrogen-bond donors (Lipinski definition) is 0. The van der Waals surface area contributed by atoms with Gasteiger partial charge in [0.15, 0.2) is 10.8 Å². The van der Waals surface area contributed by atoms with E-state index in [1.807, 2.05) is 24.0 Å². The zero-order chi connectivity index (χ0) is 19.0. The predicted molar refractivity (Wildman–Crippen MR) is 109 cm³/mol. The van der Waals surface area contributed by atoms with E-state index in [9.17, 15) is 4.79 Å². The summed E-state index contributed by atoms with van der Waals surface area (Å²) in [6, 6.07) is 10.3. The number of fused-ring (bicyclic) bond motifs is 3. The smallest absolute Gasteiger partial charge is 0.235 e. The Morgan fingerprint density at radius 2 is 1.93 bits per heavy atom. The molecule has 0 bridgehead atoms. The second-order valence-corrected chi connectivity index (χ2v) is 8.35. The first-order chi connectivity index (χ1) is 13.1. The summed E-state index contributed by atoms with van der Waals surface area (Å²) in [5.41, 5.74) is 3.08. The fraction of sp³-hybridized carbons (Fsp3) is 0.450. The molecule has 142 valence electrons. The molecule has 27 heavy (non-hydrogen) atoms. The lowest BCUT2D eigenvalue weighted by atomic mass is 10.1. The molecule has 0 N–H and O–H groups in total. The molecular weight excluding hydrogens is 358 g/mol. The Morgan fingerprint density at radius 3 is 2.67 bits per heavy atom. The van der Waals surface area contributed by atoms with Gasteiger partial charge in [-0.05, 0) is 38.1 Å². The summed E-state index contributed by atoms with van der Waals surface area (Å²) < 4.78 is 2.06. The van der Waals surface area contributed by atoms with E-state index in [1.54, 1.807) is 0 Å². The number of aryl methyl sites for hydroxylation is 1. The van der Waals surface area contributed by atoms with E-state index in [2.05, 4.69) is 51.5 Å². The summed E-state index contributed by atoms with van der Waals surface area (Å²) in [7, 11) is 0. The number of para-hydroxylation sites is 1. The number of likely N-dealkylation sites (N-methyl/N-ethyl adjacent to an activating group) is 1. The Balaban J connectivity index is 1.58. The molecule has 1 amide bonds. The van der Waals surface area contributed by atoms with Gasteiger partial charge in [0.2, 0.25) is 5.91 Å². The molecule has 0 spiro atoms. The van der Waals surface area contributed by atoms with Gasteiger partial charge >= 0.3 is 0 Å². The average Bonchev–Trinajstić information content (AvgIpc) is 3.10. The van der Waals surface area contributed by atoms with Crippen molar-refractivity contribution in [3.05, 3.63) is 35.9 Å². The molecule has 0 saturated carbocycles. The molecule has 1 aliphatic rings. The van der Waals surface area contributed by atoms with Gasteiger partial charge in [0, 0.05) is 31.6 Å². The van der Waals surface area contributed by atoms with Gasteiger partial charge in [-0.1, -0.05) is 36.9 Å². The SMILES string of the molecule is CCN1CCN(C(=O)C(C)Sc2nnc3cc(C)c4ccccc4n23)CC1. The van der Waals surface area contributed by atoms with Crippen molar-refractivity contribution in [1.29, 1.82) is 0 Å². The van der Waals surface area contributed by atoms with Crippen molar-refractivity contribution < 1.29 is 4.79 Å². The van der Waals surface area contributed by atoms with Crippen LogP contribution in [-0.2, 0) is 4.79 Å². The van der Waals surface area contributed by atoms with Crippen molar-refractivity contribution in [3.8, 4) is 0 Å². The highest BCUT2D eigenvalue weighted by molar-refractivity contribution is 8.00. The van der Waals surface area contributed by atoms with E-state index < -0.39 is 0 Å². The number of benzene rings is 1. The largest absolute Gasteiger partial charge is 0.339 e. The van der Waals surface area contributed by atoms with Crippen LogP contribution in [0.2, 0.25) is 0 Å². The monoisotopic (exact) mass is 383 g/mol. The minimum Gasteiger partial charge on any atom is -0.339 e. The third-order valence-electron chi connectivity index (χ3n) is 5.33. The van der Waals surface area contributed by atoms with Gasteiger partial charge in [0.05, 0.1) is 10.8 Å². The molecule has 3 heterocycles. The lowest BCUT2D eigenvalue weighted by molar-refractivity contribution is -0.132. The van der Waals surface area contributed by atoms with Gasteiger partial charge < -0.3 is 9.80 Å². The number of thioether (sulfide) groups is 1. The van der Waals surface area contributed by atoms with Crippen molar-refractivity contribution in [2.75, 3.05) is 32.7 Å². The maximum Gasteiger partial charge on any atom is 0.235 e. The standard InChI is InChI=1S/C20H25N5OS/c1-4-23-9-11-24(12-10-23)19(26)15(3)27-20-22-21-18-13-14(2)16-7-5-6-8-17(16)25(18)20/h5-8,13,15H,4,9-12H2,1-3H3. The number of amides is 1. The highest BCUT2D eigenvalue weighted by Crippen LogP contribution is 2.28. The van der Waals surface area contributed by atoms with E-state index in [0.717, 1.165) is 49.0 Å². The number of carbonyl (C=O) groups is 1. The fourth-order valence-corrected chi connectivity index (χ4v) is 4.65. The molecule has 2 aromatic heterocycles. The van der Waals surface area contributed by atoms with Crippen molar-refractivity contribution in [3.63, 3.8) is 0 Å². The molecule has 6 nitrogen and oxygen atoms in total. The summed E-state index contributed by atoms with van der Waals surface area (Å²) in [5, 5.41) is 10.5. The minimum absolute atomic E-state index is 0.184. The lowest BCUT2D eigenvalue weighted by Gasteiger charge is -2.35. The average molecular weight is 384 g/mol. The minimum atomic E-state index is -0.189. The van der Waals surface area contributed by atoms with Gasteiger partial charge in [0.25, 0.3) is 0 Å². The van der Waals surface area contributed by atoms with E-state index in [1.165, 1.54) is 22.7 Å². The first-order valence-corrected chi connectivity index (χ1v) is 10.4. The predicted octanol–water partition coefficient (Wildman–Crippen LogP) is 2.84. The van der Waals surface area contributed by atoms with Crippen LogP contribution in [-0.4, -0.2) is 68.3 Å². The summed E-state index contributed by atoms with van der Waals surface area (Å²) in [4.78, 5) is 17.3. The van der Waals surface area contributed by atoms with Gasteiger partial charge in [-0.2, -0.15) is 0 Å². The molecule has 1 fully saturated rings. The number of nitrogens with zero attached hydrogens (tertiary/aromatic N) is 5. The van der Waals surface area contributed by atoms with E-state index in [4.69, 9.17) is 0 Å². The maximum atomic E-state index is 12.9. The molecule has 1 aromatic carbocycles. The first-order valence-electron chi connectivity index (χ1n) is 9.49. The van der Waals surface area contributed by atoms with Crippen LogP contribution in [0.25, 0.3) is 16.6 Å². The van der Waals surface area contributed by atoms with Gasteiger partial charge in [-0.25, -0.2) is 0 Å². The molecule has 0 aliphatic carbocycles. The second kappa shape index (κ2) is 7.48. The Kier molecular flexibility index (Phi) is 5.06. The number of aromatic nitrogens is 3. The van der Waals surface area contributed by atoms with Crippen LogP contribution in [0, 0.1) is 6.92 Å². The van der Waals surface area contributed by atoms with Crippen LogP contribution in [0.5, 0.6) is 0 Å². The molecule has 1 atom stereocenters. The fourth-order valence-electron chi connectivity index (χ4n) is 3.70. The van der Waals surface area contributed by atoms with Crippen LogP contribution in [0.1, 0.15) is 19.4 Å². The summed E-state index contributed by atoms with van der Waals surface area (Å²) in [6.45, 7) is 10.8. The zero-order valence-corrected chi connectivity index (χ0v) is 16.9. The highest BCUT2D eigenvalue weighted by atomic mass is 32.2. The van der Waals surface area contributed by atoms with Crippen LogP contribution in [0.15, 0.2) is 35.5 Å². The number of pyridine rings is 1. The second-order valence-electron chi connectivity index (χ2n) is 7.04. The van der Waals surface area contributed by atoms with Crippen LogP contribution in [0.3, 0.4) is 0 Å². The van der Waals surface area contributed by atoms with Crippen LogP contribution < -0.4 is 0 Å². The van der Waals surface area contributed by atoms with E-state index >= 15 is 0 Å². The summed E-state index contributed by atoms with van der Waals surface area (Å²) in [6.07, 6.45) is 0. The number of carbonyl (C=O) groups excluding carboxylic acids is 1. The quantitative estimate of drug-likeness (QED) is 0.649. The van der Waals surface area contributed by atoms with Crippen LogP contribution in [0.4, 0.5) is 0 Å². The molecule has 1 aliphatic heterocycles. The molecule has 4 rings (SSSR count). The molecule has 1 unspecified atom stereocenters. The number of rotatable bonds is 4. The molecular formula is C20H25N5OS. The highest BCUT2D eigenvalue weighted by Gasteiger charge is 2.26. The molecule has 7 heteroatoms. The van der Waals surface area contributed by atoms with Crippen molar-refractivity contribution in [2.45, 2.75) is 31.2 Å². The summed E-state index contributed by atoms with van der Waals surface area (Å²) in [5.74, 6) is 0.184. The topological polar surface area (TPSA) is 53.7 Å². The Hall–Kier alpha value is -2.12. The number of hydrogen-bond acceptors (Lipinski definition) is 5. The summed E-state index contributed by atoms with van der Waals surface area (Å²) >= 11 is 1.49. The van der Waals surface area contributed by atoms with Gasteiger partial charge in [-0.15, -0.1) is 10.2 Å². The van der Waals surface area contributed by atoms with Crippen molar-refractivity contribution >= 4 is 34.2 Å². The zero-order valence-electron chi connectivity index (χ0n) is 16.1. The molecule has 1 saturated heterocycles. The van der Waals surface area contributed by atoms with Crippen LogP contribution >= 0.6 is 11.8 Å². The Labute approximate surface area is 163 Å². The normalized spacial score (nSPS) is 16.9. The third-order valence-corrected chi connectivity index (χ3v) is 6.37. The van der Waals surface area contributed by atoms with Crippen molar-refractivity contribution in [1.82, 2.24) is 24.4 Å². The van der Waals surface area contributed by atoms with Gasteiger partial charge in [-0.3, -0.25) is 9.20 Å². The molecule has 3 aromatic rings. The van der Waals surface area contributed by atoms with E-state index in [-0.39, 0.29) is 11.2 Å². The lowest BCUT2D eigenvalue weighted by Crippen LogP contribution is -2.50. The van der Waals surface area contributed by atoms with Crippen molar-refractivity contribution in [2.24, 2.45) is 0 Å².